The molecule has 0 saturated heterocycles. The van der Waals surface area contributed by atoms with Gasteiger partial charge < -0.3 is 4.57 Å². The molecule has 0 aliphatic heterocycles. The minimum absolute atomic E-state index is 0.0538. The van der Waals surface area contributed by atoms with E-state index in [1.165, 1.54) is 13.1 Å². The maximum absolute atomic E-state index is 16.9. The average Bonchev–Trinajstić information content (AvgIpc) is 3.53. The van der Waals surface area contributed by atoms with Crippen LogP contribution in [0.2, 0.25) is 5.02 Å². The molecule has 5 aromatic rings. The van der Waals surface area contributed by atoms with Crippen molar-refractivity contribution in [2.45, 2.75) is 51.7 Å². The van der Waals surface area contributed by atoms with E-state index in [-0.39, 0.29) is 28.8 Å². The minimum atomic E-state index is -2.44. The molecule has 0 amide bonds. The van der Waals surface area contributed by atoms with Crippen LogP contribution >= 0.6 is 11.6 Å². The van der Waals surface area contributed by atoms with Crippen LogP contribution in [0.5, 0.6) is 0 Å². The number of halogens is 4. The number of alkyl halides is 1. The van der Waals surface area contributed by atoms with Gasteiger partial charge in [0.15, 0.2) is 11.5 Å². The van der Waals surface area contributed by atoms with Gasteiger partial charge >= 0.3 is 5.76 Å². The first-order valence-electron chi connectivity index (χ1n) is 13.3. The molecule has 1 fully saturated rings. The number of fused-ring (bicyclic) bond motifs is 1. The minimum Gasteiger partial charge on any atom is -0.323 e. The summed E-state index contributed by atoms with van der Waals surface area (Å²) in [5.74, 6) is -1.77. The first-order chi connectivity index (χ1) is 19.6. The molecular weight excluding hydrogens is 557 g/mol. The number of nitrogens with one attached hydrogen (secondary N) is 1. The van der Waals surface area contributed by atoms with Crippen LogP contribution in [-0.2, 0) is 12.2 Å². The first-order valence-corrected chi connectivity index (χ1v) is 13.7. The van der Waals surface area contributed by atoms with Crippen molar-refractivity contribution in [3.63, 3.8) is 0 Å². The van der Waals surface area contributed by atoms with E-state index in [4.69, 9.17) is 21.6 Å². The molecule has 0 radical (unpaired) electrons. The van der Waals surface area contributed by atoms with Gasteiger partial charge in [0.25, 0.3) is 0 Å². The van der Waals surface area contributed by atoms with Crippen LogP contribution in [0.15, 0.2) is 52.0 Å². The molecule has 41 heavy (non-hydrogen) atoms. The zero-order valence-corrected chi connectivity index (χ0v) is 23.1. The standard InChI is InChI=1S/C29H26ClF3N6O2/c1-15-3-5-16(6-4-15)14-39-25-22(36-27(39)29(2,33)20-8-7-19(31)10-21(20)32)11-23(26-37-28(40)41-38-26)35-24(25)17-9-18(30)13-34-12-17/h7-13,15-16H,3-6,14H2,1-2H3,(H,37,38,40)/t15-,16-,29?. The van der Waals surface area contributed by atoms with Gasteiger partial charge in [-0.15, -0.1) is 0 Å². The van der Waals surface area contributed by atoms with E-state index >= 15 is 4.39 Å². The van der Waals surface area contributed by atoms with Gasteiger partial charge in [0.05, 0.1) is 21.7 Å². The van der Waals surface area contributed by atoms with E-state index in [1.54, 1.807) is 22.9 Å². The van der Waals surface area contributed by atoms with Gasteiger partial charge in [0.1, 0.15) is 17.3 Å². The second-order valence-electron chi connectivity index (χ2n) is 10.9. The fourth-order valence-electron chi connectivity index (χ4n) is 5.66. The zero-order valence-electron chi connectivity index (χ0n) is 22.3. The van der Waals surface area contributed by atoms with Gasteiger partial charge in [-0.05, 0) is 55.9 Å². The van der Waals surface area contributed by atoms with Crippen LogP contribution < -0.4 is 5.76 Å². The zero-order chi connectivity index (χ0) is 28.9. The lowest BCUT2D eigenvalue weighted by molar-refractivity contribution is 0.208. The number of rotatable bonds is 6. The third-order valence-corrected chi connectivity index (χ3v) is 8.03. The highest BCUT2D eigenvalue weighted by Crippen LogP contribution is 2.41. The lowest BCUT2D eigenvalue weighted by Gasteiger charge is -2.29. The van der Waals surface area contributed by atoms with E-state index < -0.39 is 23.1 Å². The highest BCUT2D eigenvalue weighted by atomic mass is 35.5. The molecule has 1 N–H and O–H groups in total. The largest absolute Gasteiger partial charge is 0.439 e. The molecule has 6 rings (SSSR count). The van der Waals surface area contributed by atoms with E-state index in [9.17, 15) is 13.6 Å². The fourth-order valence-corrected chi connectivity index (χ4v) is 5.83. The Hall–Kier alpha value is -3.99. The third kappa shape index (κ3) is 5.14. The molecule has 1 saturated carbocycles. The Labute approximate surface area is 237 Å². The Morgan fingerprint density at radius 1 is 1.12 bits per heavy atom. The summed E-state index contributed by atoms with van der Waals surface area (Å²) >= 11 is 6.28. The molecule has 1 aliphatic carbocycles. The summed E-state index contributed by atoms with van der Waals surface area (Å²) in [5, 5.41) is 4.11. The normalized spacial score (nSPS) is 19.0. The number of nitrogens with zero attached hydrogens (tertiary/aromatic N) is 5. The monoisotopic (exact) mass is 582 g/mol. The second-order valence-corrected chi connectivity index (χ2v) is 11.3. The molecule has 4 heterocycles. The quantitative estimate of drug-likeness (QED) is 0.235. The van der Waals surface area contributed by atoms with Crippen molar-refractivity contribution in [1.29, 1.82) is 0 Å². The maximum Gasteiger partial charge on any atom is 0.439 e. The maximum atomic E-state index is 16.9. The van der Waals surface area contributed by atoms with Crippen molar-refractivity contribution in [1.82, 2.24) is 29.7 Å². The Morgan fingerprint density at radius 2 is 1.90 bits per heavy atom. The van der Waals surface area contributed by atoms with Crippen molar-refractivity contribution in [2.75, 3.05) is 0 Å². The number of aromatic amines is 1. The van der Waals surface area contributed by atoms with Crippen molar-refractivity contribution >= 4 is 22.6 Å². The summed E-state index contributed by atoms with van der Waals surface area (Å²) in [6.45, 7) is 3.84. The Balaban J connectivity index is 1.63. The van der Waals surface area contributed by atoms with E-state index in [0.717, 1.165) is 37.8 Å². The summed E-state index contributed by atoms with van der Waals surface area (Å²) < 4.78 is 52.1. The average molecular weight is 583 g/mol. The summed E-state index contributed by atoms with van der Waals surface area (Å²) in [6.07, 6.45) is 7.00. The van der Waals surface area contributed by atoms with Gasteiger partial charge in [-0.1, -0.05) is 36.5 Å². The smallest absolute Gasteiger partial charge is 0.323 e. The molecule has 1 atom stereocenters. The fraction of sp³-hybridized carbons (Fsp3) is 0.345. The number of imidazole rings is 1. The van der Waals surface area contributed by atoms with Crippen molar-refractivity contribution in [3.8, 4) is 22.8 Å². The number of aromatic nitrogens is 6. The summed E-state index contributed by atoms with van der Waals surface area (Å²) in [7, 11) is 0. The predicted molar refractivity (Wildman–Crippen MR) is 147 cm³/mol. The molecule has 0 bridgehead atoms. The van der Waals surface area contributed by atoms with Crippen LogP contribution in [-0.4, -0.2) is 29.7 Å². The third-order valence-electron chi connectivity index (χ3n) is 7.82. The first kappa shape index (κ1) is 27.2. The molecule has 1 aromatic carbocycles. The van der Waals surface area contributed by atoms with Crippen LogP contribution in [0.1, 0.15) is 50.9 Å². The topological polar surface area (TPSA) is 102 Å². The molecule has 212 valence electrons. The number of H-pyrrole nitrogens is 1. The lowest BCUT2D eigenvalue weighted by atomic mass is 9.83. The van der Waals surface area contributed by atoms with Crippen LogP contribution in [0, 0.1) is 23.5 Å². The number of pyridine rings is 2. The van der Waals surface area contributed by atoms with Crippen molar-refractivity contribution < 1.29 is 17.7 Å². The summed E-state index contributed by atoms with van der Waals surface area (Å²) in [4.78, 5) is 27.8. The molecule has 12 heteroatoms. The number of hydrogen-bond acceptors (Lipinski definition) is 6. The summed E-state index contributed by atoms with van der Waals surface area (Å²) in [5.41, 5.74) is -0.848. The Kier molecular flexibility index (Phi) is 6.93. The van der Waals surface area contributed by atoms with Gasteiger partial charge in [0.2, 0.25) is 5.82 Å². The van der Waals surface area contributed by atoms with Crippen molar-refractivity contribution in [2.24, 2.45) is 11.8 Å². The number of benzene rings is 1. The molecule has 1 unspecified atom stereocenters. The van der Waals surface area contributed by atoms with E-state index in [0.29, 0.717) is 45.8 Å². The van der Waals surface area contributed by atoms with Gasteiger partial charge in [-0.2, -0.15) is 0 Å². The second kappa shape index (κ2) is 10.4. The van der Waals surface area contributed by atoms with E-state index in [1.807, 2.05) is 0 Å². The predicted octanol–water partition coefficient (Wildman–Crippen LogP) is 6.83. The molecule has 1 aliphatic rings. The molecular formula is C29H26ClF3N6O2. The highest BCUT2D eigenvalue weighted by molar-refractivity contribution is 6.30. The van der Waals surface area contributed by atoms with E-state index in [2.05, 4.69) is 26.6 Å². The highest BCUT2D eigenvalue weighted by Gasteiger charge is 2.38. The van der Waals surface area contributed by atoms with Gasteiger partial charge in [-0.25, -0.2) is 27.9 Å². The van der Waals surface area contributed by atoms with Crippen LogP contribution in [0.3, 0.4) is 0 Å². The van der Waals surface area contributed by atoms with Gasteiger partial charge in [0, 0.05) is 36.1 Å². The SMILES string of the molecule is CC(F)(c1ccc(F)cc1F)c1nc2cc(-c3noc(=O)[nH]3)nc(-c3cncc(Cl)c3)c2n1C[C@H]1CC[C@H](C)CC1. The van der Waals surface area contributed by atoms with Crippen molar-refractivity contribution in [3.05, 3.63) is 81.3 Å². The molecule has 4 aromatic heterocycles. The molecule has 8 nitrogen and oxygen atoms in total. The Morgan fingerprint density at radius 3 is 2.59 bits per heavy atom. The molecule has 0 spiro atoms. The summed E-state index contributed by atoms with van der Waals surface area (Å²) in [6, 6.07) is 6.01. The number of hydrogen-bond donors (Lipinski definition) is 1. The van der Waals surface area contributed by atoms with Crippen LogP contribution in [0.4, 0.5) is 13.2 Å². The Bertz CT molecular complexity index is 1810. The lowest BCUT2D eigenvalue weighted by Crippen LogP contribution is -2.27. The van der Waals surface area contributed by atoms with Gasteiger partial charge in [-0.3, -0.25) is 14.5 Å². The van der Waals surface area contributed by atoms with Crippen LogP contribution in [0.25, 0.3) is 33.8 Å².